The molecule has 0 aliphatic heterocycles. The molecule has 0 rings (SSSR count). The van der Waals surface area contributed by atoms with Crippen molar-refractivity contribution < 1.29 is 28.4 Å². The maximum Gasteiger partial charge on any atom is 0.250 e. The van der Waals surface area contributed by atoms with Crippen LogP contribution in [0.25, 0.3) is 0 Å². The number of nitrogens with one attached hydrogen (secondary N) is 1. The van der Waals surface area contributed by atoms with Gasteiger partial charge in [-0.1, -0.05) is 0 Å². The van der Waals surface area contributed by atoms with Gasteiger partial charge in [0.1, 0.15) is 12.7 Å². The molecule has 0 heterocycles. The fourth-order valence-corrected chi connectivity index (χ4v) is 2.22. The van der Waals surface area contributed by atoms with Crippen LogP contribution in [0.5, 0.6) is 0 Å². The average Bonchev–Trinajstić information content (AvgIpc) is 2.45. The highest BCUT2D eigenvalue weighted by Gasteiger charge is 2.18. The summed E-state index contributed by atoms with van der Waals surface area (Å²) in [5.74, 6) is 0. The van der Waals surface area contributed by atoms with Crippen molar-refractivity contribution in [3.8, 4) is 0 Å². The molecular weight excluding hydrogens is 311 g/mol. The lowest BCUT2D eigenvalue weighted by atomic mass is 10.6. The zero-order valence-corrected chi connectivity index (χ0v) is 14.8. The smallest absolute Gasteiger partial charge is 0.250 e. The van der Waals surface area contributed by atoms with Gasteiger partial charge in [0, 0.05) is 13.1 Å². The van der Waals surface area contributed by atoms with Crippen molar-refractivity contribution in [2.45, 2.75) is 0 Å². The van der Waals surface area contributed by atoms with Gasteiger partial charge in [-0.25, -0.2) is 0 Å². The first kappa shape index (κ1) is 21.9. The lowest BCUT2D eigenvalue weighted by Crippen LogP contribution is -2.19. The molecule has 0 bridgehead atoms. The predicted molar refractivity (Wildman–Crippen MR) is 85.6 cm³/mol. The molecule has 0 aromatic rings. The lowest BCUT2D eigenvalue weighted by molar-refractivity contribution is 0.0496. The topological polar surface area (TPSA) is 89.5 Å². The van der Waals surface area contributed by atoms with Crippen molar-refractivity contribution >= 4 is 7.37 Å². The van der Waals surface area contributed by atoms with E-state index in [1.165, 1.54) is 0 Å². The maximum atomic E-state index is 11.7. The van der Waals surface area contributed by atoms with Gasteiger partial charge in [-0.15, -0.1) is 0 Å². The maximum absolute atomic E-state index is 11.7. The molecular formula is C13H31N2O6P. The van der Waals surface area contributed by atoms with Crippen LogP contribution in [0.4, 0.5) is 0 Å². The van der Waals surface area contributed by atoms with Crippen LogP contribution in [-0.2, 0) is 23.5 Å². The van der Waals surface area contributed by atoms with Crippen molar-refractivity contribution in [2.24, 2.45) is 0 Å². The lowest BCUT2D eigenvalue weighted by Gasteiger charge is -2.13. The van der Waals surface area contributed by atoms with Crippen molar-refractivity contribution in [1.82, 2.24) is 10.2 Å². The summed E-state index contributed by atoms with van der Waals surface area (Å²) in [4.78, 5) is 11.7. The minimum atomic E-state index is -3.40. The molecule has 22 heavy (non-hydrogen) atoms. The van der Waals surface area contributed by atoms with Gasteiger partial charge in [0.2, 0.25) is 7.37 Å². The molecule has 0 amide bonds. The second kappa shape index (κ2) is 14.5. The summed E-state index contributed by atoms with van der Waals surface area (Å²) in [6.07, 6.45) is -0.436. The monoisotopic (exact) mass is 342 g/mol. The van der Waals surface area contributed by atoms with Gasteiger partial charge in [0.25, 0.3) is 0 Å². The first-order valence-corrected chi connectivity index (χ1v) is 9.42. The van der Waals surface area contributed by atoms with E-state index < -0.39 is 7.37 Å². The quantitative estimate of drug-likeness (QED) is 0.300. The van der Waals surface area contributed by atoms with Gasteiger partial charge in [-0.05, 0) is 21.1 Å². The van der Waals surface area contributed by atoms with Crippen LogP contribution < -0.4 is 5.32 Å². The second-order valence-electron chi connectivity index (χ2n) is 5.05. The normalized spacial score (nSPS) is 14.4. The number of likely N-dealkylation sites (N-methyl/N-ethyl adjacent to an activating group) is 2. The van der Waals surface area contributed by atoms with Crippen molar-refractivity contribution in [3.63, 3.8) is 0 Å². The highest BCUT2D eigenvalue weighted by Crippen LogP contribution is 2.39. The molecule has 1 atom stereocenters. The Morgan fingerprint density at radius 2 is 1.41 bits per heavy atom. The van der Waals surface area contributed by atoms with Gasteiger partial charge >= 0.3 is 0 Å². The van der Waals surface area contributed by atoms with E-state index in [1.807, 2.05) is 26.0 Å². The van der Waals surface area contributed by atoms with Gasteiger partial charge in [-0.2, -0.15) is 0 Å². The van der Waals surface area contributed by atoms with Crippen LogP contribution in [0, 0.1) is 0 Å². The Hall–Kier alpha value is -0.0500. The highest BCUT2D eigenvalue weighted by molar-refractivity contribution is 7.57. The molecule has 2 N–H and O–H groups in total. The van der Waals surface area contributed by atoms with Crippen LogP contribution in [0.2, 0.25) is 0 Å². The van der Waals surface area contributed by atoms with Gasteiger partial charge in [0.15, 0.2) is 0 Å². The summed E-state index contributed by atoms with van der Waals surface area (Å²) in [7, 11) is 2.37. The first-order chi connectivity index (χ1) is 10.5. The molecule has 134 valence electrons. The third kappa shape index (κ3) is 16.3. The number of rotatable bonds is 16. The average molecular weight is 342 g/mol. The summed E-state index contributed by atoms with van der Waals surface area (Å²) in [5, 5.41) is 2.95. The van der Waals surface area contributed by atoms with Gasteiger partial charge in [-0.3, -0.25) is 4.57 Å². The van der Waals surface area contributed by atoms with E-state index in [-0.39, 0.29) is 12.7 Å². The Kier molecular flexibility index (Phi) is 14.5. The van der Waals surface area contributed by atoms with Crippen LogP contribution in [0.15, 0.2) is 0 Å². The Labute approximate surface area is 133 Å². The molecule has 0 saturated carbocycles. The Morgan fingerprint density at radius 1 is 0.909 bits per heavy atom. The molecule has 9 heteroatoms. The van der Waals surface area contributed by atoms with Crippen molar-refractivity contribution in [1.29, 1.82) is 0 Å². The number of hydrogen-bond acceptors (Lipinski definition) is 7. The van der Waals surface area contributed by atoms with E-state index in [0.29, 0.717) is 39.6 Å². The van der Waals surface area contributed by atoms with Gasteiger partial charge < -0.3 is 34.1 Å². The van der Waals surface area contributed by atoms with Crippen LogP contribution in [-0.4, -0.2) is 96.4 Å². The van der Waals surface area contributed by atoms with Crippen molar-refractivity contribution in [3.05, 3.63) is 0 Å². The zero-order chi connectivity index (χ0) is 16.7. The molecule has 0 aliphatic carbocycles. The Balaban J connectivity index is 3.40. The summed E-state index contributed by atoms with van der Waals surface area (Å²) >= 11 is 0. The number of ether oxygens (including phenoxy) is 4. The molecule has 0 aromatic heterocycles. The Bertz CT molecular complexity index is 294. The fourth-order valence-electron chi connectivity index (χ4n) is 1.31. The van der Waals surface area contributed by atoms with E-state index in [1.54, 1.807) is 0 Å². The largest absolute Gasteiger partial charge is 0.378 e. The zero-order valence-electron chi connectivity index (χ0n) is 14.0. The van der Waals surface area contributed by atoms with E-state index in [0.717, 1.165) is 13.1 Å². The predicted octanol–water partition coefficient (Wildman–Crippen LogP) is 0.0192. The standard InChI is InChI=1S/C13H31N2O6P/c1-14-4-6-18-8-10-20-12-22(16,17)13-21-11-9-19-7-5-15(2)3/h14H,4-13H2,1-3H3,(H,16,17). The molecule has 0 aliphatic rings. The molecule has 0 saturated heterocycles. The van der Waals surface area contributed by atoms with Crippen LogP contribution in [0.3, 0.4) is 0 Å². The number of nitrogens with zero attached hydrogens (tertiary/aromatic N) is 1. The minimum absolute atomic E-state index is 0.218. The van der Waals surface area contributed by atoms with Gasteiger partial charge in [0.05, 0.1) is 39.6 Å². The molecule has 0 fully saturated rings. The molecule has 1 unspecified atom stereocenters. The summed E-state index contributed by atoms with van der Waals surface area (Å²) in [5.41, 5.74) is 0. The molecule has 0 radical (unpaired) electrons. The van der Waals surface area contributed by atoms with Crippen LogP contribution >= 0.6 is 7.37 Å². The second-order valence-corrected chi connectivity index (χ2v) is 7.26. The van der Waals surface area contributed by atoms with Crippen LogP contribution in [0.1, 0.15) is 0 Å². The third-order valence-corrected chi connectivity index (χ3v) is 3.68. The van der Waals surface area contributed by atoms with E-state index in [9.17, 15) is 9.46 Å². The van der Waals surface area contributed by atoms with E-state index >= 15 is 0 Å². The third-order valence-electron chi connectivity index (χ3n) is 2.51. The fraction of sp³-hybridized carbons (Fsp3) is 1.00. The molecule has 0 aromatic carbocycles. The molecule has 8 nitrogen and oxygen atoms in total. The minimum Gasteiger partial charge on any atom is -0.378 e. The molecule has 0 spiro atoms. The first-order valence-electron chi connectivity index (χ1n) is 7.39. The highest BCUT2D eigenvalue weighted by atomic mass is 31.2. The van der Waals surface area contributed by atoms with Crippen molar-refractivity contribution in [2.75, 3.05) is 86.6 Å². The number of hydrogen-bond donors (Lipinski definition) is 2. The van der Waals surface area contributed by atoms with E-state index in [4.69, 9.17) is 18.9 Å². The Morgan fingerprint density at radius 3 is 1.91 bits per heavy atom. The summed E-state index contributed by atoms with van der Waals surface area (Å²) < 4.78 is 32.5. The SMILES string of the molecule is CNCCOCCOCP(=O)(O)COCCOCCN(C)C. The van der Waals surface area contributed by atoms with E-state index in [2.05, 4.69) is 5.32 Å². The summed E-state index contributed by atoms with van der Waals surface area (Å²) in [6, 6.07) is 0. The summed E-state index contributed by atoms with van der Waals surface area (Å²) in [6.45, 7) is 4.21.